The van der Waals surface area contributed by atoms with Crippen LogP contribution in [0.5, 0.6) is 11.5 Å². The summed E-state index contributed by atoms with van der Waals surface area (Å²) < 4.78 is 11.2. The minimum absolute atomic E-state index is 0.201. The molecule has 0 heterocycles. The maximum absolute atomic E-state index is 12.1. The van der Waals surface area contributed by atoms with Gasteiger partial charge in [-0.25, -0.2) is 0 Å². The Morgan fingerprint density at radius 2 is 1.75 bits per heavy atom. The van der Waals surface area contributed by atoms with E-state index in [1.165, 1.54) is 0 Å². The van der Waals surface area contributed by atoms with Gasteiger partial charge in [0.2, 0.25) is 0 Å². The highest BCUT2D eigenvalue weighted by Crippen LogP contribution is 2.28. The Morgan fingerprint density at radius 3 is 2.35 bits per heavy atom. The van der Waals surface area contributed by atoms with Gasteiger partial charge < -0.3 is 14.8 Å². The third kappa shape index (κ3) is 3.30. The summed E-state index contributed by atoms with van der Waals surface area (Å²) in [7, 11) is 3.15. The second-order valence-corrected chi connectivity index (χ2v) is 4.94. The van der Waals surface area contributed by atoms with Crippen LogP contribution in [-0.4, -0.2) is 20.1 Å². The third-order valence-electron chi connectivity index (χ3n) is 2.76. The largest absolute Gasteiger partial charge is 0.497 e. The third-order valence-corrected chi connectivity index (χ3v) is 3.26. The Labute approximate surface area is 125 Å². The van der Waals surface area contributed by atoms with Crippen molar-refractivity contribution in [3.8, 4) is 11.5 Å². The smallest absolute Gasteiger partial charge is 0.255 e. The first-order chi connectivity index (χ1) is 9.63. The molecule has 4 nitrogen and oxygen atoms in total. The van der Waals surface area contributed by atoms with Crippen LogP contribution in [0.4, 0.5) is 5.69 Å². The molecule has 0 aliphatic heterocycles. The fourth-order valence-electron chi connectivity index (χ4n) is 1.71. The summed E-state index contributed by atoms with van der Waals surface area (Å²) in [5.41, 5.74) is 1.17. The minimum Gasteiger partial charge on any atom is -0.497 e. The van der Waals surface area contributed by atoms with Crippen LogP contribution in [0.1, 0.15) is 10.4 Å². The van der Waals surface area contributed by atoms with Crippen molar-refractivity contribution in [3.63, 3.8) is 0 Å². The van der Waals surface area contributed by atoms with Crippen LogP contribution in [0, 0.1) is 0 Å². The monoisotopic (exact) mass is 335 g/mol. The lowest BCUT2D eigenvalue weighted by Crippen LogP contribution is -2.12. The molecular weight excluding hydrogens is 322 g/mol. The van der Waals surface area contributed by atoms with E-state index in [9.17, 15) is 4.79 Å². The highest BCUT2D eigenvalue weighted by molar-refractivity contribution is 9.10. The van der Waals surface area contributed by atoms with E-state index in [0.29, 0.717) is 22.7 Å². The number of methoxy groups -OCH3 is 2. The first kappa shape index (κ1) is 14.4. The lowest BCUT2D eigenvalue weighted by molar-refractivity contribution is 0.102. The van der Waals surface area contributed by atoms with Gasteiger partial charge in [-0.15, -0.1) is 0 Å². The molecule has 20 heavy (non-hydrogen) atoms. The molecule has 2 aromatic carbocycles. The van der Waals surface area contributed by atoms with Gasteiger partial charge in [-0.05, 0) is 42.5 Å². The Bertz CT molecular complexity index is 611. The molecule has 0 aliphatic rings. The van der Waals surface area contributed by atoms with Gasteiger partial charge in [-0.1, -0.05) is 15.9 Å². The predicted molar refractivity (Wildman–Crippen MR) is 81.6 cm³/mol. The van der Waals surface area contributed by atoms with Crippen molar-refractivity contribution in [2.24, 2.45) is 0 Å². The molecule has 0 saturated carbocycles. The Balaban J connectivity index is 2.18. The Hall–Kier alpha value is -2.01. The summed E-state index contributed by atoms with van der Waals surface area (Å²) in [6.07, 6.45) is 0. The Morgan fingerprint density at radius 1 is 1.05 bits per heavy atom. The molecule has 0 aliphatic carbocycles. The van der Waals surface area contributed by atoms with Crippen molar-refractivity contribution in [1.82, 2.24) is 0 Å². The predicted octanol–water partition coefficient (Wildman–Crippen LogP) is 3.72. The fourth-order valence-corrected chi connectivity index (χ4v) is 2.05. The van der Waals surface area contributed by atoms with Gasteiger partial charge in [0.15, 0.2) is 0 Å². The molecule has 0 spiro atoms. The highest BCUT2D eigenvalue weighted by atomic mass is 79.9. The quantitative estimate of drug-likeness (QED) is 0.926. The summed E-state index contributed by atoms with van der Waals surface area (Å²) in [4.78, 5) is 12.1. The van der Waals surface area contributed by atoms with E-state index >= 15 is 0 Å². The van der Waals surface area contributed by atoms with Gasteiger partial charge in [0.1, 0.15) is 11.5 Å². The van der Waals surface area contributed by atoms with Crippen molar-refractivity contribution in [2.45, 2.75) is 0 Å². The van der Waals surface area contributed by atoms with Gasteiger partial charge >= 0.3 is 0 Å². The Kier molecular flexibility index (Phi) is 4.63. The normalized spacial score (nSPS) is 9.95. The average molecular weight is 336 g/mol. The van der Waals surface area contributed by atoms with Crippen molar-refractivity contribution >= 4 is 27.5 Å². The number of amides is 1. The molecule has 0 aromatic heterocycles. The van der Waals surface area contributed by atoms with Crippen LogP contribution < -0.4 is 14.8 Å². The zero-order valence-electron chi connectivity index (χ0n) is 11.1. The number of hydrogen-bond acceptors (Lipinski definition) is 3. The highest BCUT2D eigenvalue weighted by Gasteiger charge is 2.10. The molecule has 0 unspecified atom stereocenters. The van der Waals surface area contributed by atoms with E-state index in [0.717, 1.165) is 4.47 Å². The van der Waals surface area contributed by atoms with Crippen LogP contribution in [0.2, 0.25) is 0 Å². The SMILES string of the molecule is COc1ccc(C(=O)Nc2ccc(Br)cc2OC)cc1. The fraction of sp³-hybridized carbons (Fsp3) is 0.133. The zero-order valence-corrected chi connectivity index (χ0v) is 12.7. The zero-order chi connectivity index (χ0) is 14.5. The van der Waals surface area contributed by atoms with Crippen LogP contribution in [0.25, 0.3) is 0 Å². The summed E-state index contributed by atoms with van der Waals surface area (Å²) in [6.45, 7) is 0. The van der Waals surface area contributed by atoms with E-state index in [1.807, 2.05) is 6.07 Å². The number of halogens is 1. The second kappa shape index (κ2) is 6.43. The molecule has 104 valence electrons. The second-order valence-electron chi connectivity index (χ2n) is 4.03. The van der Waals surface area contributed by atoms with Crippen LogP contribution in [-0.2, 0) is 0 Å². The first-order valence-electron chi connectivity index (χ1n) is 5.93. The summed E-state index contributed by atoms with van der Waals surface area (Å²) in [6, 6.07) is 12.3. The summed E-state index contributed by atoms with van der Waals surface area (Å²) in [5.74, 6) is 1.11. The lowest BCUT2D eigenvalue weighted by Gasteiger charge is -2.10. The van der Waals surface area contributed by atoms with Crippen molar-refractivity contribution in [1.29, 1.82) is 0 Å². The number of carbonyl (C=O) groups is 1. The molecule has 2 rings (SSSR count). The maximum atomic E-state index is 12.1. The standard InChI is InChI=1S/C15H14BrNO3/c1-19-12-6-3-10(4-7-12)15(18)17-13-8-5-11(16)9-14(13)20-2/h3-9H,1-2H3,(H,17,18). The molecule has 1 N–H and O–H groups in total. The molecule has 0 atom stereocenters. The molecule has 0 bridgehead atoms. The van der Waals surface area contributed by atoms with E-state index in [2.05, 4.69) is 21.2 Å². The number of rotatable bonds is 4. The molecule has 5 heteroatoms. The van der Waals surface area contributed by atoms with Crippen molar-refractivity contribution in [3.05, 3.63) is 52.5 Å². The van der Waals surface area contributed by atoms with E-state index < -0.39 is 0 Å². The van der Waals surface area contributed by atoms with Gasteiger partial charge in [-0.2, -0.15) is 0 Å². The average Bonchev–Trinajstić information content (AvgIpc) is 2.49. The topological polar surface area (TPSA) is 47.6 Å². The van der Waals surface area contributed by atoms with Gasteiger partial charge in [0.05, 0.1) is 19.9 Å². The summed E-state index contributed by atoms with van der Waals surface area (Å²) >= 11 is 3.36. The van der Waals surface area contributed by atoms with Gasteiger partial charge in [-0.3, -0.25) is 4.79 Å². The van der Waals surface area contributed by atoms with Crippen molar-refractivity contribution in [2.75, 3.05) is 19.5 Å². The van der Waals surface area contributed by atoms with Gasteiger partial charge in [0, 0.05) is 10.0 Å². The molecule has 2 aromatic rings. The number of hydrogen-bond donors (Lipinski definition) is 1. The van der Waals surface area contributed by atoms with Crippen LogP contribution in [0.3, 0.4) is 0 Å². The first-order valence-corrected chi connectivity index (χ1v) is 6.72. The van der Waals surface area contributed by atoms with E-state index in [4.69, 9.17) is 9.47 Å². The van der Waals surface area contributed by atoms with E-state index in [-0.39, 0.29) is 5.91 Å². The number of carbonyl (C=O) groups excluding carboxylic acids is 1. The number of ether oxygens (including phenoxy) is 2. The molecule has 0 radical (unpaired) electrons. The molecule has 0 saturated heterocycles. The summed E-state index contributed by atoms with van der Waals surface area (Å²) in [5, 5.41) is 2.82. The molecular formula is C15H14BrNO3. The van der Waals surface area contributed by atoms with Crippen LogP contribution >= 0.6 is 15.9 Å². The van der Waals surface area contributed by atoms with Crippen molar-refractivity contribution < 1.29 is 14.3 Å². The maximum Gasteiger partial charge on any atom is 0.255 e. The lowest BCUT2D eigenvalue weighted by atomic mass is 10.2. The molecule has 0 fully saturated rings. The van der Waals surface area contributed by atoms with E-state index in [1.54, 1.807) is 50.6 Å². The number of anilines is 1. The number of nitrogens with one attached hydrogen (secondary N) is 1. The van der Waals surface area contributed by atoms with Crippen LogP contribution in [0.15, 0.2) is 46.9 Å². The number of benzene rings is 2. The molecule has 1 amide bonds. The van der Waals surface area contributed by atoms with Gasteiger partial charge in [0.25, 0.3) is 5.91 Å². The minimum atomic E-state index is -0.201.